The van der Waals surface area contributed by atoms with Gasteiger partial charge in [-0.3, -0.25) is 4.79 Å². The normalized spacial score (nSPS) is 20.7. The van der Waals surface area contributed by atoms with Gasteiger partial charge in [0, 0.05) is 31.6 Å². The van der Waals surface area contributed by atoms with Gasteiger partial charge in [-0.15, -0.1) is 12.4 Å². The zero-order chi connectivity index (χ0) is 14.5. The highest BCUT2D eigenvalue weighted by Crippen LogP contribution is 2.17. The van der Waals surface area contributed by atoms with E-state index in [0.29, 0.717) is 25.7 Å². The predicted molar refractivity (Wildman–Crippen MR) is 74.5 cm³/mol. The van der Waals surface area contributed by atoms with Crippen LogP contribution in [0.3, 0.4) is 0 Å². The second-order valence-electron chi connectivity index (χ2n) is 4.65. The molecule has 1 aromatic rings. The van der Waals surface area contributed by atoms with Crippen molar-refractivity contribution in [2.75, 3.05) is 26.2 Å². The van der Waals surface area contributed by atoms with Gasteiger partial charge in [-0.2, -0.15) is 0 Å². The van der Waals surface area contributed by atoms with Crippen LogP contribution in [-0.4, -0.2) is 43.4 Å². The summed E-state index contributed by atoms with van der Waals surface area (Å²) >= 11 is 0. The average Bonchev–Trinajstić information content (AvgIpc) is 2.81. The molecular formula is C13H17ClF2N2O3. The van der Waals surface area contributed by atoms with E-state index in [-0.39, 0.29) is 30.7 Å². The van der Waals surface area contributed by atoms with Gasteiger partial charge < -0.3 is 20.5 Å². The SMILES string of the molecule is Cl.O=C(COc1ccc(F)cc1F)NCC1CNCC1O. The van der Waals surface area contributed by atoms with Gasteiger partial charge in [-0.1, -0.05) is 0 Å². The minimum atomic E-state index is -0.854. The average molecular weight is 323 g/mol. The molecule has 1 saturated heterocycles. The molecule has 1 aliphatic rings. The molecule has 1 fully saturated rings. The summed E-state index contributed by atoms with van der Waals surface area (Å²) in [5, 5.41) is 15.1. The second-order valence-corrected chi connectivity index (χ2v) is 4.65. The fraction of sp³-hybridized carbons (Fsp3) is 0.462. The molecule has 1 aromatic carbocycles. The largest absolute Gasteiger partial charge is 0.481 e. The molecule has 2 rings (SSSR count). The van der Waals surface area contributed by atoms with E-state index in [1.807, 2.05) is 0 Å². The van der Waals surface area contributed by atoms with Gasteiger partial charge in [0.2, 0.25) is 0 Å². The highest BCUT2D eigenvalue weighted by Gasteiger charge is 2.25. The minimum Gasteiger partial charge on any atom is -0.481 e. The van der Waals surface area contributed by atoms with Crippen LogP contribution < -0.4 is 15.4 Å². The maximum Gasteiger partial charge on any atom is 0.257 e. The number of nitrogens with one attached hydrogen (secondary N) is 2. The number of aliphatic hydroxyl groups is 1. The van der Waals surface area contributed by atoms with E-state index in [0.717, 1.165) is 12.1 Å². The zero-order valence-corrected chi connectivity index (χ0v) is 12.0. The predicted octanol–water partition coefficient (Wildman–Crippen LogP) is 0.462. The van der Waals surface area contributed by atoms with E-state index in [1.165, 1.54) is 0 Å². The molecule has 0 saturated carbocycles. The lowest BCUT2D eigenvalue weighted by Crippen LogP contribution is -2.36. The third kappa shape index (κ3) is 5.11. The Morgan fingerprint density at radius 2 is 2.19 bits per heavy atom. The molecule has 1 aliphatic heterocycles. The van der Waals surface area contributed by atoms with Crippen molar-refractivity contribution in [3.8, 4) is 5.75 Å². The molecule has 0 aromatic heterocycles. The van der Waals surface area contributed by atoms with Gasteiger partial charge >= 0.3 is 0 Å². The Labute approximate surface area is 127 Å². The molecule has 2 atom stereocenters. The Morgan fingerprint density at radius 1 is 1.43 bits per heavy atom. The number of β-amino-alcohol motifs (C(OH)–C–C–N with tert-alkyl or cyclic N) is 1. The second kappa shape index (κ2) is 8.11. The van der Waals surface area contributed by atoms with Gasteiger partial charge in [0.05, 0.1) is 6.10 Å². The number of benzene rings is 1. The highest BCUT2D eigenvalue weighted by atomic mass is 35.5. The molecule has 1 heterocycles. The summed E-state index contributed by atoms with van der Waals surface area (Å²) in [5.74, 6) is -2.20. The summed E-state index contributed by atoms with van der Waals surface area (Å²) in [6.07, 6.45) is -0.481. The van der Waals surface area contributed by atoms with Crippen LogP contribution in [-0.2, 0) is 4.79 Å². The van der Waals surface area contributed by atoms with Crippen molar-refractivity contribution in [1.82, 2.24) is 10.6 Å². The number of hydrogen-bond acceptors (Lipinski definition) is 4. The van der Waals surface area contributed by atoms with Gasteiger partial charge in [0.25, 0.3) is 5.91 Å². The third-order valence-corrected chi connectivity index (χ3v) is 3.12. The van der Waals surface area contributed by atoms with E-state index in [9.17, 15) is 18.7 Å². The van der Waals surface area contributed by atoms with Crippen molar-refractivity contribution >= 4 is 18.3 Å². The molecule has 0 aliphatic carbocycles. The Hall–Kier alpha value is -1.44. The van der Waals surface area contributed by atoms with E-state index in [4.69, 9.17) is 4.74 Å². The van der Waals surface area contributed by atoms with Crippen molar-refractivity contribution in [2.45, 2.75) is 6.10 Å². The fourth-order valence-electron chi connectivity index (χ4n) is 1.96. The summed E-state index contributed by atoms with van der Waals surface area (Å²) in [4.78, 5) is 11.5. The zero-order valence-electron chi connectivity index (χ0n) is 11.1. The Bertz CT molecular complexity index is 490. The van der Waals surface area contributed by atoms with Crippen molar-refractivity contribution in [1.29, 1.82) is 0 Å². The molecule has 3 N–H and O–H groups in total. The quantitative estimate of drug-likeness (QED) is 0.737. The minimum absolute atomic E-state index is 0. The van der Waals surface area contributed by atoms with E-state index in [1.54, 1.807) is 0 Å². The first kappa shape index (κ1) is 17.6. The van der Waals surface area contributed by atoms with Crippen molar-refractivity contribution in [3.05, 3.63) is 29.8 Å². The maximum absolute atomic E-state index is 13.2. The number of halogens is 3. The number of rotatable bonds is 5. The van der Waals surface area contributed by atoms with Gasteiger partial charge in [-0.25, -0.2) is 8.78 Å². The lowest BCUT2D eigenvalue weighted by molar-refractivity contribution is -0.123. The van der Waals surface area contributed by atoms with Gasteiger partial charge in [0.15, 0.2) is 18.2 Å². The molecule has 2 unspecified atom stereocenters. The van der Waals surface area contributed by atoms with Crippen molar-refractivity contribution in [3.63, 3.8) is 0 Å². The molecule has 0 bridgehead atoms. The number of amides is 1. The first-order chi connectivity index (χ1) is 9.56. The van der Waals surface area contributed by atoms with Crippen molar-refractivity contribution < 1.29 is 23.4 Å². The molecule has 8 heteroatoms. The maximum atomic E-state index is 13.2. The standard InChI is InChI=1S/C13H16F2N2O3.ClH/c14-9-1-2-12(10(15)3-9)20-7-13(19)17-5-8-4-16-6-11(8)18;/h1-3,8,11,16,18H,4-7H2,(H,17,19);1H. The van der Waals surface area contributed by atoms with Crippen LogP contribution in [0.4, 0.5) is 8.78 Å². The molecular weight excluding hydrogens is 306 g/mol. The van der Waals surface area contributed by atoms with Crippen LogP contribution in [0.1, 0.15) is 0 Å². The number of carbonyl (C=O) groups excluding carboxylic acids is 1. The topological polar surface area (TPSA) is 70.6 Å². The molecule has 118 valence electrons. The molecule has 21 heavy (non-hydrogen) atoms. The van der Waals surface area contributed by atoms with E-state index in [2.05, 4.69) is 10.6 Å². The van der Waals surface area contributed by atoms with Gasteiger partial charge in [0.1, 0.15) is 5.82 Å². The first-order valence-corrected chi connectivity index (χ1v) is 6.29. The monoisotopic (exact) mass is 322 g/mol. The van der Waals surface area contributed by atoms with Gasteiger partial charge in [-0.05, 0) is 12.1 Å². The summed E-state index contributed by atoms with van der Waals surface area (Å²) in [5.41, 5.74) is 0. The summed E-state index contributed by atoms with van der Waals surface area (Å²) in [6.45, 7) is 1.10. The van der Waals surface area contributed by atoms with Crippen LogP contribution in [0.5, 0.6) is 5.75 Å². The van der Waals surface area contributed by atoms with Crippen LogP contribution >= 0.6 is 12.4 Å². The Morgan fingerprint density at radius 3 is 2.81 bits per heavy atom. The van der Waals surface area contributed by atoms with Crippen LogP contribution in [0.2, 0.25) is 0 Å². The molecule has 1 amide bonds. The molecule has 5 nitrogen and oxygen atoms in total. The first-order valence-electron chi connectivity index (χ1n) is 6.29. The number of ether oxygens (including phenoxy) is 1. The lowest BCUT2D eigenvalue weighted by atomic mass is 10.1. The summed E-state index contributed by atoms with van der Waals surface area (Å²) < 4.78 is 30.9. The number of hydrogen-bond donors (Lipinski definition) is 3. The summed E-state index contributed by atoms with van der Waals surface area (Å²) in [7, 11) is 0. The van der Waals surface area contributed by atoms with Crippen LogP contribution in [0.25, 0.3) is 0 Å². The molecule has 0 spiro atoms. The lowest BCUT2D eigenvalue weighted by Gasteiger charge is -2.14. The number of carbonyl (C=O) groups is 1. The summed E-state index contributed by atoms with van der Waals surface area (Å²) in [6, 6.07) is 2.87. The smallest absolute Gasteiger partial charge is 0.257 e. The van der Waals surface area contributed by atoms with E-state index >= 15 is 0 Å². The Kier molecular flexibility index (Phi) is 6.80. The Balaban J connectivity index is 0.00000220. The van der Waals surface area contributed by atoms with Crippen molar-refractivity contribution in [2.24, 2.45) is 5.92 Å². The fourth-order valence-corrected chi connectivity index (χ4v) is 1.96. The van der Waals surface area contributed by atoms with E-state index < -0.39 is 23.6 Å². The molecule has 0 radical (unpaired) electrons. The third-order valence-electron chi connectivity index (χ3n) is 3.12. The highest BCUT2D eigenvalue weighted by molar-refractivity contribution is 5.85. The van der Waals surface area contributed by atoms with Crippen LogP contribution in [0.15, 0.2) is 18.2 Å². The number of aliphatic hydroxyl groups excluding tert-OH is 1. The van der Waals surface area contributed by atoms with Crippen LogP contribution in [0, 0.1) is 17.6 Å².